The zero-order chi connectivity index (χ0) is 16.5. The van der Waals surface area contributed by atoms with Crippen LogP contribution in [0.25, 0.3) is 0 Å². The second kappa shape index (κ2) is 9.33. The van der Waals surface area contributed by atoms with Gasteiger partial charge in [-0.25, -0.2) is 0 Å². The number of Topliss-reactive ketones (excluding diaryl/α,β-unsaturated/α-hetero) is 1. The summed E-state index contributed by atoms with van der Waals surface area (Å²) in [4.78, 5) is 47.4. The summed E-state index contributed by atoms with van der Waals surface area (Å²) < 4.78 is 0. The first-order valence-corrected chi connectivity index (χ1v) is 8.08. The molecular weight excluding hydrogens is 284 g/mol. The maximum atomic E-state index is 11.7. The number of hydrogen-bond acceptors (Lipinski definition) is 4. The molecule has 6 heteroatoms. The normalized spacial score (nSPS) is 17.9. The molecule has 1 unspecified atom stereocenters. The van der Waals surface area contributed by atoms with Crippen molar-refractivity contribution in [3.05, 3.63) is 0 Å². The lowest BCUT2D eigenvalue weighted by atomic mass is 10.1. The quantitative estimate of drug-likeness (QED) is 0.489. The Hall–Kier alpha value is -1.72. The molecule has 3 amide bonds. The van der Waals surface area contributed by atoms with Crippen molar-refractivity contribution < 1.29 is 19.2 Å². The van der Waals surface area contributed by atoms with E-state index in [2.05, 4.69) is 5.32 Å². The number of carbonyl (C=O) groups is 4. The number of rotatable bonds is 10. The van der Waals surface area contributed by atoms with E-state index in [0.29, 0.717) is 38.6 Å². The second-order valence-electron chi connectivity index (χ2n) is 5.86. The highest BCUT2D eigenvalue weighted by molar-refractivity contribution is 6.03. The highest BCUT2D eigenvalue weighted by Gasteiger charge is 2.34. The van der Waals surface area contributed by atoms with Crippen LogP contribution in [0.2, 0.25) is 0 Å². The van der Waals surface area contributed by atoms with Gasteiger partial charge in [0, 0.05) is 31.7 Å². The number of likely N-dealkylation sites (tertiary alicyclic amines) is 1. The largest absolute Gasteiger partial charge is 0.349 e. The molecule has 0 aromatic heterocycles. The van der Waals surface area contributed by atoms with Crippen LogP contribution in [-0.4, -0.2) is 41.5 Å². The number of nitrogens with zero attached hydrogens (tertiary/aromatic N) is 1. The van der Waals surface area contributed by atoms with Crippen molar-refractivity contribution in [1.82, 2.24) is 10.2 Å². The van der Waals surface area contributed by atoms with Crippen LogP contribution in [0.1, 0.15) is 58.8 Å². The van der Waals surface area contributed by atoms with Crippen molar-refractivity contribution in [2.45, 2.75) is 58.8 Å². The topological polar surface area (TPSA) is 83.6 Å². The zero-order valence-electron chi connectivity index (χ0n) is 13.5. The fraction of sp³-hybridized carbons (Fsp3) is 0.750. The van der Waals surface area contributed by atoms with Crippen molar-refractivity contribution in [2.24, 2.45) is 5.92 Å². The Morgan fingerprint density at radius 1 is 1.18 bits per heavy atom. The molecule has 0 saturated carbocycles. The Bertz CT molecular complexity index is 434. The molecule has 124 valence electrons. The minimum absolute atomic E-state index is 0.0519. The number of ketones is 1. The highest BCUT2D eigenvalue weighted by atomic mass is 16.2. The van der Waals surface area contributed by atoms with Crippen molar-refractivity contribution in [1.29, 1.82) is 0 Å². The molecule has 1 fully saturated rings. The first-order chi connectivity index (χ1) is 10.5. The third-order valence-corrected chi connectivity index (χ3v) is 3.77. The van der Waals surface area contributed by atoms with Crippen LogP contribution >= 0.6 is 0 Å². The van der Waals surface area contributed by atoms with Crippen LogP contribution in [0.15, 0.2) is 0 Å². The van der Waals surface area contributed by atoms with E-state index in [-0.39, 0.29) is 36.0 Å². The minimum Gasteiger partial charge on any atom is -0.349 e. The van der Waals surface area contributed by atoms with Gasteiger partial charge < -0.3 is 5.32 Å². The molecule has 0 aliphatic carbocycles. The first-order valence-electron chi connectivity index (χ1n) is 8.08. The average Bonchev–Trinajstić information content (AvgIpc) is 2.71. The van der Waals surface area contributed by atoms with E-state index in [1.807, 2.05) is 6.92 Å². The zero-order valence-corrected chi connectivity index (χ0v) is 13.5. The number of imide groups is 1. The second-order valence-corrected chi connectivity index (χ2v) is 5.86. The molecule has 0 spiro atoms. The fourth-order valence-corrected chi connectivity index (χ4v) is 2.47. The molecule has 1 heterocycles. The van der Waals surface area contributed by atoms with Gasteiger partial charge in [0.25, 0.3) is 0 Å². The van der Waals surface area contributed by atoms with E-state index in [9.17, 15) is 19.2 Å². The number of hydrogen-bond donors (Lipinski definition) is 1. The number of amides is 3. The van der Waals surface area contributed by atoms with Crippen molar-refractivity contribution >= 4 is 23.5 Å². The molecule has 1 saturated heterocycles. The third-order valence-electron chi connectivity index (χ3n) is 3.77. The van der Waals surface area contributed by atoms with Crippen LogP contribution < -0.4 is 5.32 Å². The van der Waals surface area contributed by atoms with Crippen LogP contribution in [0.4, 0.5) is 0 Å². The molecule has 0 aromatic rings. The van der Waals surface area contributed by atoms with Crippen molar-refractivity contribution in [3.63, 3.8) is 0 Å². The van der Waals surface area contributed by atoms with Gasteiger partial charge in [-0.2, -0.15) is 0 Å². The molecule has 1 atom stereocenters. The van der Waals surface area contributed by atoms with E-state index >= 15 is 0 Å². The summed E-state index contributed by atoms with van der Waals surface area (Å²) in [6, 6.07) is 0. The van der Waals surface area contributed by atoms with Crippen LogP contribution in [0.3, 0.4) is 0 Å². The summed E-state index contributed by atoms with van der Waals surface area (Å²) in [6.45, 7) is 4.25. The minimum atomic E-state index is -0.195. The number of nitrogens with one attached hydrogen (secondary N) is 1. The molecule has 0 bridgehead atoms. The van der Waals surface area contributed by atoms with Crippen LogP contribution in [-0.2, 0) is 19.2 Å². The molecule has 1 aliphatic heterocycles. The predicted molar refractivity (Wildman–Crippen MR) is 81.9 cm³/mol. The number of carbonyl (C=O) groups excluding carboxylic acids is 4. The molecule has 6 nitrogen and oxygen atoms in total. The van der Waals surface area contributed by atoms with Gasteiger partial charge in [-0.05, 0) is 19.3 Å². The van der Waals surface area contributed by atoms with Crippen LogP contribution in [0, 0.1) is 5.92 Å². The van der Waals surface area contributed by atoms with Crippen molar-refractivity contribution in [2.75, 3.05) is 13.1 Å². The molecule has 0 radical (unpaired) electrons. The summed E-state index contributed by atoms with van der Waals surface area (Å²) in [5, 5.41) is 2.61. The summed E-state index contributed by atoms with van der Waals surface area (Å²) in [5.41, 5.74) is 0. The van der Waals surface area contributed by atoms with Crippen molar-refractivity contribution in [3.8, 4) is 0 Å². The van der Waals surface area contributed by atoms with Gasteiger partial charge in [0.2, 0.25) is 17.7 Å². The lowest BCUT2D eigenvalue weighted by Gasteiger charge is -2.13. The summed E-state index contributed by atoms with van der Waals surface area (Å²) in [7, 11) is 0. The Morgan fingerprint density at radius 2 is 1.91 bits per heavy atom. The Kier molecular flexibility index (Phi) is 7.77. The van der Waals surface area contributed by atoms with Gasteiger partial charge in [-0.1, -0.05) is 20.3 Å². The van der Waals surface area contributed by atoms with Gasteiger partial charge >= 0.3 is 0 Å². The van der Waals surface area contributed by atoms with Gasteiger partial charge in [-0.3, -0.25) is 24.1 Å². The average molecular weight is 310 g/mol. The standard InChI is InChI=1S/C16H26N2O4/c1-3-7-13(19)11-17-14(20)8-5-4-6-9-18-15(21)10-12(2)16(18)22/h12H,3-11H2,1-2H3,(H,17,20). The maximum absolute atomic E-state index is 11.7. The molecule has 1 N–H and O–H groups in total. The molecule has 1 aliphatic rings. The lowest BCUT2D eigenvalue weighted by molar-refractivity contribution is -0.139. The molecule has 0 aromatic carbocycles. The Balaban J connectivity index is 2.08. The van der Waals surface area contributed by atoms with E-state index in [4.69, 9.17) is 0 Å². The highest BCUT2D eigenvalue weighted by Crippen LogP contribution is 2.19. The predicted octanol–water partition coefficient (Wildman–Crippen LogP) is 1.43. The lowest BCUT2D eigenvalue weighted by Crippen LogP contribution is -2.31. The monoisotopic (exact) mass is 310 g/mol. The van der Waals surface area contributed by atoms with E-state index < -0.39 is 0 Å². The van der Waals surface area contributed by atoms with Gasteiger partial charge in [-0.15, -0.1) is 0 Å². The van der Waals surface area contributed by atoms with E-state index in [1.54, 1.807) is 6.92 Å². The summed E-state index contributed by atoms with van der Waals surface area (Å²) in [6.07, 6.45) is 4.16. The Labute approximate surface area is 131 Å². The van der Waals surface area contributed by atoms with Gasteiger partial charge in [0.05, 0.1) is 6.54 Å². The smallest absolute Gasteiger partial charge is 0.232 e. The van der Waals surface area contributed by atoms with Gasteiger partial charge in [0.1, 0.15) is 0 Å². The number of unbranched alkanes of at least 4 members (excludes halogenated alkanes) is 2. The summed E-state index contributed by atoms with van der Waals surface area (Å²) >= 11 is 0. The van der Waals surface area contributed by atoms with E-state index in [1.165, 1.54) is 4.90 Å². The molecule has 22 heavy (non-hydrogen) atoms. The fourth-order valence-electron chi connectivity index (χ4n) is 2.47. The van der Waals surface area contributed by atoms with Gasteiger partial charge in [0.15, 0.2) is 5.78 Å². The van der Waals surface area contributed by atoms with Crippen LogP contribution in [0.5, 0.6) is 0 Å². The third kappa shape index (κ3) is 5.95. The Morgan fingerprint density at radius 3 is 2.50 bits per heavy atom. The van der Waals surface area contributed by atoms with E-state index in [0.717, 1.165) is 12.8 Å². The SMILES string of the molecule is CCCC(=O)CNC(=O)CCCCCN1C(=O)CC(C)C1=O. The molecule has 1 rings (SSSR count). The summed E-state index contributed by atoms with van der Waals surface area (Å²) in [5.74, 6) is -0.441. The first kappa shape index (κ1) is 18.3. The maximum Gasteiger partial charge on any atom is 0.232 e. The molecular formula is C16H26N2O4.